The summed E-state index contributed by atoms with van der Waals surface area (Å²) in [4.78, 5) is 0. The Morgan fingerprint density at radius 2 is 1.71 bits per heavy atom. The highest BCUT2D eigenvalue weighted by molar-refractivity contribution is 5.86. The highest BCUT2D eigenvalue weighted by Gasteiger charge is 2.30. The number of hydrogen-bond acceptors (Lipinski definition) is 1. The minimum Gasteiger partial charge on any atom is -0.330 e. The van der Waals surface area contributed by atoms with Crippen LogP contribution >= 0.6 is 0 Å². The predicted octanol–water partition coefficient (Wildman–Crippen LogP) is 3.71. The van der Waals surface area contributed by atoms with Gasteiger partial charge in [-0.2, -0.15) is 0 Å². The molecule has 0 fully saturated rings. The van der Waals surface area contributed by atoms with Crippen LogP contribution in [0.2, 0.25) is 0 Å². The highest BCUT2D eigenvalue weighted by Crippen LogP contribution is 2.35. The van der Waals surface area contributed by atoms with Gasteiger partial charge in [0.15, 0.2) is 0 Å². The molecule has 0 aromatic heterocycles. The molecule has 0 aliphatic rings. The summed E-state index contributed by atoms with van der Waals surface area (Å²) in [5.41, 5.74) is 7.44. The number of nitrogens with two attached hydrogens (primary N) is 1. The summed E-state index contributed by atoms with van der Waals surface area (Å²) in [7, 11) is 0. The zero-order chi connectivity index (χ0) is 12.5. The van der Waals surface area contributed by atoms with Crippen molar-refractivity contribution in [3.63, 3.8) is 0 Å². The van der Waals surface area contributed by atoms with Crippen LogP contribution in [0.15, 0.2) is 42.5 Å². The summed E-state index contributed by atoms with van der Waals surface area (Å²) in [6, 6.07) is 15.1. The van der Waals surface area contributed by atoms with E-state index in [1.54, 1.807) is 0 Å². The molecule has 90 valence electrons. The molecule has 1 heteroatoms. The van der Waals surface area contributed by atoms with Crippen LogP contribution in [0, 0.1) is 5.92 Å². The molecule has 0 amide bonds. The van der Waals surface area contributed by atoms with Crippen LogP contribution < -0.4 is 5.73 Å². The van der Waals surface area contributed by atoms with Gasteiger partial charge in [0.05, 0.1) is 0 Å². The molecule has 2 aromatic carbocycles. The summed E-state index contributed by atoms with van der Waals surface area (Å²) in [5.74, 6) is 0.526. The lowest BCUT2D eigenvalue weighted by Gasteiger charge is -2.34. The average Bonchev–Trinajstić information content (AvgIpc) is 2.37. The highest BCUT2D eigenvalue weighted by atomic mass is 14.6. The Kier molecular flexibility index (Phi) is 3.21. The summed E-state index contributed by atoms with van der Waals surface area (Å²) >= 11 is 0. The van der Waals surface area contributed by atoms with Gasteiger partial charge in [0.25, 0.3) is 0 Å². The fourth-order valence-corrected chi connectivity index (χ4v) is 2.38. The van der Waals surface area contributed by atoms with Gasteiger partial charge in [-0.15, -0.1) is 0 Å². The Labute approximate surface area is 104 Å². The Hall–Kier alpha value is -1.34. The Morgan fingerprint density at radius 3 is 2.35 bits per heavy atom. The maximum Gasteiger partial charge on any atom is 0.00763 e. The number of hydrogen-bond donors (Lipinski definition) is 1. The molecule has 0 radical (unpaired) electrons. The van der Waals surface area contributed by atoms with E-state index >= 15 is 0 Å². The lowest BCUT2D eigenvalue weighted by atomic mass is 9.72. The van der Waals surface area contributed by atoms with Gasteiger partial charge in [-0.1, -0.05) is 63.2 Å². The fourth-order valence-electron chi connectivity index (χ4n) is 2.38. The topological polar surface area (TPSA) is 26.0 Å². The zero-order valence-electron chi connectivity index (χ0n) is 10.9. The first kappa shape index (κ1) is 12.1. The Bertz CT molecular complexity index is 510. The van der Waals surface area contributed by atoms with Gasteiger partial charge >= 0.3 is 0 Å². The van der Waals surface area contributed by atoms with Crippen molar-refractivity contribution in [2.75, 3.05) is 6.54 Å². The third-order valence-electron chi connectivity index (χ3n) is 4.10. The molecular formula is C16H21N. The lowest BCUT2D eigenvalue weighted by Crippen LogP contribution is -2.37. The smallest absolute Gasteiger partial charge is 0.00763 e. The van der Waals surface area contributed by atoms with Crippen LogP contribution in [-0.4, -0.2) is 6.54 Å². The van der Waals surface area contributed by atoms with Crippen molar-refractivity contribution in [3.05, 3.63) is 48.0 Å². The van der Waals surface area contributed by atoms with Crippen LogP contribution in [0.5, 0.6) is 0 Å². The lowest BCUT2D eigenvalue weighted by molar-refractivity contribution is 0.350. The van der Waals surface area contributed by atoms with E-state index in [2.05, 4.69) is 63.2 Å². The SMILES string of the molecule is CC(C)C(C)(CN)c1cccc2ccccc12. The standard InChI is InChI=1S/C16H21N/c1-12(2)16(3,11-17)15-10-6-8-13-7-4-5-9-14(13)15/h4-10,12H,11,17H2,1-3H3. The zero-order valence-corrected chi connectivity index (χ0v) is 10.9. The molecule has 0 heterocycles. The molecule has 2 rings (SSSR count). The van der Waals surface area contributed by atoms with Crippen LogP contribution in [0.25, 0.3) is 10.8 Å². The maximum absolute atomic E-state index is 6.03. The summed E-state index contributed by atoms with van der Waals surface area (Å²) in [5, 5.41) is 2.63. The van der Waals surface area contributed by atoms with Crippen molar-refractivity contribution >= 4 is 10.8 Å². The van der Waals surface area contributed by atoms with Crippen LogP contribution in [0.4, 0.5) is 0 Å². The van der Waals surface area contributed by atoms with Crippen molar-refractivity contribution in [3.8, 4) is 0 Å². The van der Waals surface area contributed by atoms with E-state index in [-0.39, 0.29) is 5.41 Å². The third-order valence-corrected chi connectivity index (χ3v) is 4.10. The summed E-state index contributed by atoms with van der Waals surface area (Å²) in [6.45, 7) is 7.43. The van der Waals surface area contributed by atoms with Crippen molar-refractivity contribution in [2.24, 2.45) is 11.7 Å². The third kappa shape index (κ3) is 1.96. The molecule has 1 nitrogen and oxygen atoms in total. The minimum atomic E-state index is 0.0425. The van der Waals surface area contributed by atoms with Crippen molar-refractivity contribution in [1.82, 2.24) is 0 Å². The van der Waals surface area contributed by atoms with E-state index in [9.17, 15) is 0 Å². The monoisotopic (exact) mass is 227 g/mol. The molecule has 0 bridgehead atoms. The normalized spacial score (nSPS) is 15.1. The molecule has 2 N–H and O–H groups in total. The van der Waals surface area contributed by atoms with Crippen molar-refractivity contribution in [1.29, 1.82) is 0 Å². The fraction of sp³-hybridized carbons (Fsp3) is 0.375. The van der Waals surface area contributed by atoms with Crippen LogP contribution in [0.1, 0.15) is 26.3 Å². The number of benzene rings is 2. The summed E-state index contributed by atoms with van der Waals surface area (Å²) < 4.78 is 0. The molecule has 0 aliphatic carbocycles. The van der Waals surface area contributed by atoms with Crippen LogP contribution in [-0.2, 0) is 5.41 Å². The second-order valence-electron chi connectivity index (χ2n) is 5.30. The molecule has 0 aliphatic heterocycles. The van der Waals surface area contributed by atoms with Crippen molar-refractivity contribution in [2.45, 2.75) is 26.2 Å². The van der Waals surface area contributed by atoms with Gasteiger partial charge < -0.3 is 5.73 Å². The first-order valence-corrected chi connectivity index (χ1v) is 6.28. The molecule has 1 unspecified atom stereocenters. The molecule has 0 saturated heterocycles. The van der Waals surface area contributed by atoms with Crippen LogP contribution in [0.3, 0.4) is 0 Å². The maximum atomic E-state index is 6.03. The van der Waals surface area contributed by atoms with E-state index in [1.165, 1.54) is 16.3 Å². The van der Waals surface area contributed by atoms with Gasteiger partial charge in [0, 0.05) is 12.0 Å². The van der Waals surface area contributed by atoms with Gasteiger partial charge in [-0.3, -0.25) is 0 Å². The second-order valence-corrected chi connectivity index (χ2v) is 5.30. The minimum absolute atomic E-state index is 0.0425. The first-order chi connectivity index (χ1) is 8.09. The molecule has 0 spiro atoms. The molecule has 2 aromatic rings. The predicted molar refractivity (Wildman–Crippen MR) is 75.2 cm³/mol. The van der Waals surface area contributed by atoms with Gasteiger partial charge in [-0.25, -0.2) is 0 Å². The van der Waals surface area contributed by atoms with E-state index in [0.717, 1.165) is 0 Å². The molecular weight excluding hydrogens is 206 g/mol. The van der Waals surface area contributed by atoms with Gasteiger partial charge in [0.1, 0.15) is 0 Å². The quantitative estimate of drug-likeness (QED) is 0.850. The number of rotatable bonds is 3. The molecule has 17 heavy (non-hydrogen) atoms. The van der Waals surface area contributed by atoms with E-state index in [1.807, 2.05) is 0 Å². The Morgan fingerprint density at radius 1 is 1.06 bits per heavy atom. The van der Waals surface area contributed by atoms with E-state index < -0.39 is 0 Å². The van der Waals surface area contributed by atoms with E-state index in [4.69, 9.17) is 5.73 Å². The molecule has 0 saturated carbocycles. The van der Waals surface area contributed by atoms with Gasteiger partial charge in [-0.05, 0) is 22.3 Å². The Balaban J connectivity index is 2.70. The number of fused-ring (bicyclic) bond motifs is 1. The van der Waals surface area contributed by atoms with Crippen molar-refractivity contribution < 1.29 is 0 Å². The van der Waals surface area contributed by atoms with Gasteiger partial charge in [0.2, 0.25) is 0 Å². The summed E-state index contributed by atoms with van der Waals surface area (Å²) in [6.07, 6.45) is 0. The average molecular weight is 227 g/mol. The molecule has 1 atom stereocenters. The second kappa shape index (κ2) is 4.50. The first-order valence-electron chi connectivity index (χ1n) is 6.28. The van der Waals surface area contributed by atoms with E-state index in [0.29, 0.717) is 12.5 Å². The largest absolute Gasteiger partial charge is 0.330 e.